The highest BCUT2D eigenvalue weighted by atomic mass is 32.2. The third kappa shape index (κ3) is 4.06. The van der Waals surface area contributed by atoms with E-state index in [0.717, 1.165) is 12.8 Å². The Hall–Kier alpha value is -0.0900. The summed E-state index contributed by atoms with van der Waals surface area (Å²) in [6.45, 7) is 4.24. The maximum absolute atomic E-state index is 11.0. The Balaban J connectivity index is 2.49. The van der Waals surface area contributed by atoms with Gasteiger partial charge in [0.2, 0.25) is 0 Å². The quantitative estimate of drug-likeness (QED) is 0.828. The van der Waals surface area contributed by atoms with Crippen molar-refractivity contribution in [1.29, 1.82) is 0 Å². The zero-order chi connectivity index (χ0) is 12.4. The maximum Gasteiger partial charge on any atom is 0.147 e. The Bertz CT molecular complexity index is 323. The lowest BCUT2D eigenvalue weighted by atomic mass is 9.70. The Labute approximate surface area is 99.2 Å². The standard InChI is InChI=1S/C12H24O3S/c1-10-5-6-11(2)12(13,9-10)7-4-8-16(3,14)15/h10-11,13H,4-9H2,1-3H3. The van der Waals surface area contributed by atoms with Crippen LogP contribution in [0.5, 0.6) is 0 Å². The van der Waals surface area contributed by atoms with Gasteiger partial charge in [-0.3, -0.25) is 0 Å². The van der Waals surface area contributed by atoms with Gasteiger partial charge in [-0.1, -0.05) is 20.3 Å². The molecule has 0 radical (unpaired) electrons. The highest BCUT2D eigenvalue weighted by molar-refractivity contribution is 7.90. The molecule has 1 saturated carbocycles. The van der Waals surface area contributed by atoms with Crippen molar-refractivity contribution in [3.8, 4) is 0 Å². The molecule has 0 bridgehead atoms. The van der Waals surface area contributed by atoms with E-state index in [1.165, 1.54) is 12.7 Å². The molecule has 0 aromatic heterocycles. The van der Waals surface area contributed by atoms with Crippen LogP contribution in [0.4, 0.5) is 0 Å². The lowest BCUT2D eigenvalue weighted by molar-refractivity contribution is -0.0631. The average Bonchev–Trinajstić information content (AvgIpc) is 2.09. The predicted octanol–water partition coefficient (Wildman–Crippen LogP) is 2.00. The van der Waals surface area contributed by atoms with Gasteiger partial charge in [0.1, 0.15) is 9.84 Å². The molecule has 3 atom stereocenters. The lowest BCUT2D eigenvalue weighted by Crippen LogP contribution is -2.42. The molecule has 0 amide bonds. The van der Waals surface area contributed by atoms with Gasteiger partial charge in [-0.15, -0.1) is 0 Å². The molecule has 3 unspecified atom stereocenters. The van der Waals surface area contributed by atoms with Gasteiger partial charge < -0.3 is 5.11 Å². The Morgan fingerprint density at radius 2 is 1.94 bits per heavy atom. The molecule has 0 aliphatic heterocycles. The molecule has 1 fully saturated rings. The van der Waals surface area contributed by atoms with Crippen LogP contribution < -0.4 is 0 Å². The number of sulfone groups is 1. The molecule has 0 saturated heterocycles. The summed E-state index contributed by atoms with van der Waals surface area (Å²) in [6.07, 6.45) is 5.49. The highest BCUT2D eigenvalue weighted by Gasteiger charge is 2.38. The first-order valence-electron chi connectivity index (χ1n) is 6.13. The van der Waals surface area contributed by atoms with Gasteiger partial charge in [0.05, 0.1) is 5.60 Å². The summed E-state index contributed by atoms with van der Waals surface area (Å²) in [7, 11) is -2.89. The van der Waals surface area contributed by atoms with Gasteiger partial charge in [-0.25, -0.2) is 8.42 Å². The van der Waals surface area contributed by atoms with Crippen LogP contribution >= 0.6 is 0 Å². The van der Waals surface area contributed by atoms with Crippen LogP contribution in [0.25, 0.3) is 0 Å². The van der Waals surface area contributed by atoms with Gasteiger partial charge in [-0.05, 0) is 37.5 Å². The Morgan fingerprint density at radius 3 is 2.50 bits per heavy atom. The fourth-order valence-electron chi connectivity index (χ4n) is 2.70. The summed E-state index contributed by atoms with van der Waals surface area (Å²) in [4.78, 5) is 0. The van der Waals surface area contributed by atoms with Crippen molar-refractivity contribution in [2.75, 3.05) is 12.0 Å². The third-order valence-electron chi connectivity index (χ3n) is 3.84. The van der Waals surface area contributed by atoms with Crippen molar-refractivity contribution < 1.29 is 13.5 Å². The van der Waals surface area contributed by atoms with E-state index >= 15 is 0 Å². The van der Waals surface area contributed by atoms with Crippen LogP contribution in [0.3, 0.4) is 0 Å². The van der Waals surface area contributed by atoms with Gasteiger partial charge in [-0.2, -0.15) is 0 Å². The van der Waals surface area contributed by atoms with Crippen LogP contribution in [0, 0.1) is 11.8 Å². The minimum absolute atomic E-state index is 0.191. The number of aliphatic hydroxyl groups is 1. The van der Waals surface area contributed by atoms with E-state index in [1.807, 2.05) is 0 Å². The van der Waals surface area contributed by atoms with Gasteiger partial charge in [0, 0.05) is 12.0 Å². The molecular weight excluding hydrogens is 224 g/mol. The molecule has 0 spiro atoms. The summed E-state index contributed by atoms with van der Waals surface area (Å²) in [6, 6.07) is 0. The monoisotopic (exact) mass is 248 g/mol. The van der Waals surface area contributed by atoms with Crippen molar-refractivity contribution in [3.63, 3.8) is 0 Å². The molecule has 3 nitrogen and oxygen atoms in total. The van der Waals surface area contributed by atoms with Crippen LogP contribution in [0.15, 0.2) is 0 Å². The fraction of sp³-hybridized carbons (Fsp3) is 1.00. The van der Waals surface area contributed by atoms with E-state index in [4.69, 9.17) is 0 Å². The van der Waals surface area contributed by atoms with Crippen molar-refractivity contribution in [2.24, 2.45) is 11.8 Å². The first-order chi connectivity index (χ1) is 7.23. The molecule has 16 heavy (non-hydrogen) atoms. The smallest absolute Gasteiger partial charge is 0.147 e. The van der Waals surface area contributed by atoms with Gasteiger partial charge in [0.25, 0.3) is 0 Å². The molecule has 1 N–H and O–H groups in total. The van der Waals surface area contributed by atoms with E-state index in [0.29, 0.717) is 24.7 Å². The number of hydrogen-bond acceptors (Lipinski definition) is 3. The first-order valence-corrected chi connectivity index (χ1v) is 8.19. The van der Waals surface area contributed by atoms with Crippen LogP contribution in [-0.2, 0) is 9.84 Å². The van der Waals surface area contributed by atoms with E-state index in [-0.39, 0.29) is 5.75 Å². The van der Waals surface area contributed by atoms with Crippen molar-refractivity contribution in [1.82, 2.24) is 0 Å². The summed E-state index contributed by atoms with van der Waals surface area (Å²) < 4.78 is 22.1. The van der Waals surface area contributed by atoms with Crippen LogP contribution in [0.1, 0.15) is 46.0 Å². The van der Waals surface area contributed by atoms with Gasteiger partial charge >= 0.3 is 0 Å². The second-order valence-electron chi connectivity index (χ2n) is 5.62. The van der Waals surface area contributed by atoms with E-state index in [2.05, 4.69) is 13.8 Å². The molecule has 1 rings (SSSR count). The largest absolute Gasteiger partial charge is 0.390 e. The molecule has 1 aliphatic rings. The highest BCUT2D eigenvalue weighted by Crippen LogP contribution is 2.39. The van der Waals surface area contributed by atoms with Crippen molar-refractivity contribution >= 4 is 9.84 Å². The third-order valence-corrected chi connectivity index (χ3v) is 4.87. The lowest BCUT2D eigenvalue weighted by Gasteiger charge is -2.41. The minimum Gasteiger partial charge on any atom is -0.390 e. The number of hydrogen-bond donors (Lipinski definition) is 1. The molecule has 0 heterocycles. The molecule has 1 aliphatic carbocycles. The molecular formula is C12H24O3S. The topological polar surface area (TPSA) is 54.4 Å². The van der Waals surface area contributed by atoms with E-state index in [1.54, 1.807) is 0 Å². The van der Waals surface area contributed by atoms with Crippen LogP contribution in [-0.4, -0.2) is 31.1 Å². The predicted molar refractivity (Wildman–Crippen MR) is 66.1 cm³/mol. The van der Waals surface area contributed by atoms with Crippen LogP contribution in [0.2, 0.25) is 0 Å². The summed E-state index contributed by atoms with van der Waals surface area (Å²) >= 11 is 0. The SMILES string of the molecule is CC1CCC(C)C(O)(CCCS(C)(=O)=O)C1. The second-order valence-corrected chi connectivity index (χ2v) is 7.88. The Kier molecular flexibility index (Phi) is 4.41. The summed E-state index contributed by atoms with van der Waals surface area (Å²) in [5.41, 5.74) is -0.637. The second kappa shape index (κ2) is 5.05. The zero-order valence-corrected chi connectivity index (χ0v) is 11.4. The fourth-order valence-corrected chi connectivity index (χ4v) is 3.37. The maximum atomic E-state index is 11.0. The average molecular weight is 248 g/mol. The van der Waals surface area contributed by atoms with Gasteiger partial charge in [0.15, 0.2) is 0 Å². The number of rotatable bonds is 4. The first kappa shape index (κ1) is 14.0. The van der Waals surface area contributed by atoms with E-state index < -0.39 is 15.4 Å². The molecule has 4 heteroatoms. The summed E-state index contributed by atoms with van der Waals surface area (Å²) in [5.74, 6) is 1.04. The zero-order valence-electron chi connectivity index (χ0n) is 10.6. The van der Waals surface area contributed by atoms with Crippen molar-refractivity contribution in [3.05, 3.63) is 0 Å². The summed E-state index contributed by atoms with van der Waals surface area (Å²) in [5, 5.41) is 10.5. The normalized spacial score (nSPS) is 36.2. The molecule has 0 aromatic carbocycles. The Morgan fingerprint density at radius 1 is 1.31 bits per heavy atom. The molecule has 96 valence electrons. The van der Waals surface area contributed by atoms with E-state index in [9.17, 15) is 13.5 Å². The minimum atomic E-state index is -2.89. The molecule has 0 aromatic rings. The van der Waals surface area contributed by atoms with Crippen molar-refractivity contribution in [2.45, 2.75) is 51.6 Å².